The van der Waals surface area contributed by atoms with Crippen molar-refractivity contribution >= 4 is 5.91 Å². The third-order valence-electron chi connectivity index (χ3n) is 5.21. The summed E-state index contributed by atoms with van der Waals surface area (Å²) in [5.41, 5.74) is 3.95. The van der Waals surface area contributed by atoms with Crippen molar-refractivity contribution in [2.24, 2.45) is 0 Å². The van der Waals surface area contributed by atoms with Gasteiger partial charge in [0.1, 0.15) is 18.1 Å². The summed E-state index contributed by atoms with van der Waals surface area (Å²) < 4.78 is 11.3. The molecule has 6 heteroatoms. The van der Waals surface area contributed by atoms with Crippen LogP contribution in [0.15, 0.2) is 60.8 Å². The molecule has 0 atom stereocenters. The summed E-state index contributed by atoms with van der Waals surface area (Å²) in [6.45, 7) is 1.23. The fourth-order valence-electron chi connectivity index (χ4n) is 3.64. The number of pyridine rings is 1. The number of hydrogen-bond donors (Lipinski definition) is 1. The van der Waals surface area contributed by atoms with Gasteiger partial charge in [0.25, 0.3) is 5.91 Å². The predicted molar refractivity (Wildman–Crippen MR) is 112 cm³/mol. The van der Waals surface area contributed by atoms with Gasteiger partial charge in [-0.1, -0.05) is 30.3 Å². The zero-order chi connectivity index (χ0) is 20.9. The SMILES string of the molecule is COc1ccnc(CN2CCc3c(OCc4ccccc4)cc(CO)cc3C2=O)c1. The van der Waals surface area contributed by atoms with E-state index in [2.05, 4.69) is 4.98 Å². The number of ether oxygens (including phenoxy) is 2. The molecular formula is C24H24N2O4. The molecule has 1 aliphatic rings. The number of aliphatic hydroxyl groups is 1. The van der Waals surface area contributed by atoms with Gasteiger partial charge in [-0.15, -0.1) is 0 Å². The van der Waals surface area contributed by atoms with E-state index >= 15 is 0 Å². The van der Waals surface area contributed by atoms with E-state index < -0.39 is 0 Å². The van der Waals surface area contributed by atoms with E-state index in [0.29, 0.717) is 48.7 Å². The van der Waals surface area contributed by atoms with E-state index in [9.17, 15) is 9.90 Å². The first-order chi connectivity index (χ1) is 14.7. The van der Waals surface area contributed by atoms with E-state index in [0.717, 1.165) is 16.8 Å². The lowest BCUT2D eigenvalue weighted by Crippen LogP contribution is -2.37. The highest BCUT2D eigenvalue weighted by atomic mass is 16.5. The highest BCUT2D eigenvalue weighted by Gasteiger charge is 2.28. The van der Waals surface area contributed by atoms with Gasteiger partial charge in [0.05, 0.1) is 26.0 Å². The Morgan fingerprint density at radius 3 is 2.70 bits per heavy atom. The number of carbonyl (C=O) groups excluding carboxylic acids is 1. The van der Waals surface area contributed by atoms with Gasteiger partial charge in [-0.3, -0.25) is 9.78 Å². The number of methoxy groups -OCH3 is 1. The van der Waals surface area contributed by atoms with Gasteiger partial charge < -0.3 is 19.5 Å². The molecule has 1 N–H and O–H groups in total. The fourth-order valence-corrected chi connectivity index (χ4v) is 3.64. The second-order valence-electron chi connectivity index (χ2n) is 7.22. The van der Waals surface area contributed by atoms with Crippen molar-refractivity contribution in [3.63, 3.8) is 0 Å². The Labute approximate surface area is 175 Å². The fraction of sp³-hybridized carbons (Fsp3) is 0.250. The van der Waals surface area contributed by atoms with Crippen molar-refractivity contribution < 1.29 is 19.4 Å². The Morgan fingerprint density at radius 1 is 1.10 bits per heavy atom. The second-order valence-corrected chi connectivity index (χ2v) is 7.22. The second kappa shape index (κ2) is 8.97. The molecule has 1 amide bonds. The van der Waals surface area contributed by atoms with E-state index in [1.54, 1.807) is 30.3 Å². The average Bonchev–Trinajstić information content (AvgIpc) is 2.80. The molecule has 0 fully saturated rings. The Hall–Kier alpha value is -3.38. The van der Waals surface area contributed by atoms with Gasteiger partial charge >= 0.3 is 0 Å². The van der Waals surface area contributed by atoms with Gasteiger partial charge in [0.15, 0.2) is 0 Å². The summed E-state index contributed by atoms with van der Waals surface area (Å²) in [6.07, 6.45) is 2.36. The minimum absolute atomic E-state index is 0.0827. The van der Waals surface area contributed by atoms with Gasteiger partial charge in [-0.05, 0) is 35.7 Å². The molecular weight excluding hydrogens is 380 g/mol. The largest absolute Gasteiger partial charge is 0.497 e. The molecule has 0 unspecified atom stereocenters. The van der Waals surface area contributed by atoms with Crippen LogP contribution in [0.2, 0.25) is 0 Å². The Morgan fingerprint density at radius 2 is 1.93 bits per heavy atom. The van der Waals surface area contributed by atoms with E-state index in [1.807, 2.05) is 42.5 Å². The summed E-state index contributed by atoms with van der Waals surface area (Å²) in [7, 11) is 1.61. The lowest BCUT2D eigenvalue weighted by molar-refractivity contribution is 0.0722. The highest BCUT2D eigenvalue weighted by molar-refractivity contribution is 5.97. The maximum absolute atomic E-state index is 13.2. The molecule has 1 aliphatic heterocycles. The standard InChI is InChI=1S/C24H24N2O4/c1-29-20-7-9-25-19(13-20)14-26-10-8-21-22(24(26)28)11-18(15-27)12-23(21)30-16-17-5-3-2-4-6-17/h2-7,9,11-13,27H,8,10,14-16H2,1H3. The van der Waals surface area contributed by atoms with Crippen LogP contribution in [-0.2, 0) is 26.2 Å². The molecule has 30 heavy (non-hydrogen) atoms. The van der Waals surface area contributed by atoms with Crippen LogP contribution in [0.3, 0.4) is 0 Å². The summed E-state index contributed by atoms with van der Waals surface area (Å²) in [6, 6.07) is 17.1. The molecule has 0 bridgehead atoms. The van der Waals surface area contributed by atoms with Gasteiger partial charge in [0, 0.05) is 29.9 Å². The van der Waals surface area contributed by atoms with Gasteiger partial charge in [0.2, 0.25) is 0 Å². The van der Waals surface area contributed by atoms with Crippen molar-refractivity contribution in [3.05, 3.63) is 88.7 Å². The number of carbonyl (C=O) groups is 1. The number of fused-ring (bicyclic) bond motifs is 1. The summed E-state index contributed by atoms with van der Waals surface area (Å²) in [5, 5.41) is 9.69. The normalized spacial score (nSPS) is 13.1. The van der Waals surface area contributed by atoms with Gasteiger partial charge in [-0.2, -0.15) is 0 Å². The molecule has 6 nitrogen and oxygen atoms in total. The van der Waals surface area contributed by atoms with Crippen LogP contribution in [0.4, 0.5) is 0 Å². The zero-order valence-electron chi connectivity index (χ0n) is 16.9. The minimum atomic E-state index is -0.153. The molecule has 3 aromatic rings. The Bertz CT molecular complexity index is 1040. The summed E-state index contributed by atoms with van der Waals surface area (Å²) >= 11 is 0. The smallest absolute Gasteiger partial charge is 0.254 e. The zero-order valence-corrected chi connectivity index (χ0v) is 16.9. The van der Waals surface area contributed by atoms with Crippen LogP contribution in [0.1, 0.15) is 32.7 Å². The first-order valence-corrected chi connectivity index (χ1v) is 9.89. The molecule has 0 radical (unpaired) electrons. The summed E-state index contributed by atoms with van der Waals surface area (Å²) in [5.74, 6) is 1.29. The van der Waals surface area contributed by atoms with Crippen LogP contribution in [0.25, 0.3) is 0 Å². The molecule has 0 saturated heterocycles. The topological polar surface area (TPSA) is 71.9 Å². The number of rotatable bonds is 7. The molecule has 0 saturated carbocycles. The molecule has 1 aromatic heterocycles. The Balaban J connectivity index is 1.57. The number of hydrogen-bond acceptors (Lipinski definition) is 5. The first-order valence-electron chi connectivity index (χ1n) is 9.89. The van der Waals surface area contributed by atoms with Crippen LogP contribution in [0.5, 0.6) is 11.5 Å². The first kappa shape index (κ1) is 19.9. The minimum Gasteiger partial charge on any atom is -0.497 e. The average molecular weight is 404 g/mol. The van der Waals surface area contributed by atoms with Crippen molar-refractivity contribution in [3.8, 4) is 11.5 Å². The van der Waals surface area contributed by atoms with E-state index in [1.165, 1.54) is 0 Å². The number of benzene rings is 2. The third-order valence-corrected chi connectivity index (χ3v) is 5.21. The van der Waals surface area contributed by atoms with Crippen LogP contribution >= 0.6 is 0 Å². The highest BCUT2D eigenvalue weighted by Crippen LogP contribution is 2.31. The maximum Gasteiger partial charge on any atom is 0.254 e. The molecule has 0 aliphatic carbocycles. The third kappa shape index (κ3) is 4.28. The maximum atomic E-state index is 13.2. The number of amides is 1. The van der Waals surface area contributed by atoms with Crippen molar-refractivity contribution in [1.82, 2.24) is 9.88 Å². The van der Waals surface area contributed by atoms with Crippen LogP contribution in [0, 0.1) is 0 Å². The lowest BCUT2D eigenvalue weighted by atomic mass is 9.95. The quantitative estimate of drug-likeness (QED) is 0.654. The molecule has 4 rings (SSSR count). The van der Waals surface area contributed by atoms with Crippen molar-refractivity contribution in [2.45, 2.75) is 26.2 Å². The van der Waals surface area contributed by atoms with E-state index in [-0.39, 0.29) is 12.5 Å². The molecule has 154 valence electrons. The number of aliphatic hydroxyl groups excluding tert-OH is 1. The molecule has 2 aromatic carbocycles. The monoisotopic (exact) mass is 404 g/mol. The Kier molecular flexibility index (Phi) is 5.95. The van der Waals surface area contributed by atoms with Crippen molar-refractivity contribution in [1.29, 1.82) is 0 Å². The van der Waals surface area contributed by atoms with Gasteiger partial charge in [-0.25, -0.2) is 0 Å². The van der Waals surface area contributed by atoms with Crippen LogP contribution < -0.4 is 9.47 Å². The molecule has 2 heterocycles. The number of nitrogens with zero attached hydrogens (tertiary/aromatic N) is 2. The van der Waals surface area contributed by atoms with E-state index in [4.69, 9.17) is 9.47 Å². The summed E-state index contributed by atoms with van der Waals surface area (Å²) in [4.78, 5) is 19.3. The van der Waals surface area contributed by atoms with Crippen molar-refractivity contribution in [2.75, 3.05) is 13.7 Å². The number of aromatic nitrogens is 1. The molecule has 0 spiro atoms. The predicted octanol–water partition coefficient (Wildman–Crippen LogP) is 3.36. The van der Waals surface area contributed by atoms with Crippen LogP contribution in [-0.4, -0.2) is 34.6 Å². The lowest BCUT2D eigenvalue weighted by Gasteiger charge is -2.30.